The summed E-state index contributed by atoms with van der Waals surface area (Å²) in [5.41, 5.74) is 2.82. The Labute approximate surface area is 82.0 Å². The third kappa shape index (κ3) is 5.09. The Morgan fingerprint density at radius 3 is 2.08 bits per heavy atom. The maximum Gasteiger partial charge on any atom is -0.0279 e. The average molecular weight is 174 g/mol. The fraction of sp³-hybridized carbons (Fsp3) is 0.385. The van der Waals surface area contributed by atoms with Crippen molar-refractivity contribution < 1.29 is 0 Å². The zero-order valence-corrected chi connectivity index (χ0v) is 8.59. The number of hydrogen-bond donors (Lipinski definition) is 0. The topological polar surface area (TPSA) is 0 Å². The minimum Gasteiger partial charge on any atom is -0.124 e. The van der Waals surface area contributed by atoms with Gasteiger partial charge in [0.25, 0.3) is 0 Å². The zero-order valence-electron chi connectivity index (χ0n) is 8.59. The number of unbranched alkanes of at least 4 members (excludes halogenated alkanes) is 1. The third-order valence-electron chi connectivity index (χ3n) is 1.94. The molecule has 0 atom stereocenters. The molecule has 13 heavy (non-hydrogen) atoms. The van der Waals surface area contributed by atoms with Gasteiger partial charge in [0.1, 0.15) is 0 Å². The van der Waals surface area contributed by atoms with Crippen molar-refractivity contribution in [3.8, 4) is 12.8 Å². The van der Waals surface area contributed by atoms with Gasteiger partial charge < -0.3 is 0 Å². The third-order valence-corrected chi connectivity index (χ3v) is 1.94. The van der Waals surface area contributed by atoms with E-state index in [1.54, 1.807) is 0 Å². The highest BCUT2D eigenvalue weighted by Crippen LogP contribution is 2.06. The highest BCUT2D eigenvalue weighted by Gasteiger charge is 1.90. The molecule has 0 aromatic heterocycles. The van der Waals surface area contributed by atoms with Crippen LogP contribution >= 0.6 is 0 Å². The molecule has 0 saturated heterocycles. The maximum absolute atomic E-state index is 4.00. The van der Waals surface area contributed by atoms with Crippen LogP contribution in [0.15, 0.2) is 24.3 Å². The van der Waals surface area contributed by atoms with Crippen molar-refractivity contribution in [2.24, 2.45) is 0 Å². The highest BCUT2D eigenvalue weighted by molar-refractivity contribution is 5.21. The first kappa shape index (κ1) is 11.8. The van der Waals surface area contributed by atoms with E-state index in [1.807, 2.05) is 0 Å². The molecule has 0 unspecified atom stereocenters. The van der Waals surface area contributed by atoms with Gasteiger partial charge in [0.05, 0.1) is 0 Å². The lowest BCUT2D eigenvalue weighted by Crippen LogP contribution is -1.83. The molecule has 0 fully saturated rings. The molecule has 0 amide bonds. The Morgan fingerprint density at radius 1 is 1.08 bits per heavy atom. The van der Waals surface area contributed by atoms with Crippen molar-refractivity contribution in [2.45, 2.75) is 33.1 Å². The molecule has 0 heteroatoms. The Morgan fingerprint density at radius 2 is 1.62 bits per heavy atom. The molecule has 0 aliphatic rings. The molecule has 0 heterocycles. The van der Waals surface area contributed by atoms with E-state index in [2.05, 4.69) is 51.0 Å². The molecule has 0 N–H and O–H groups in total. The quantitative estimate of drug-likeness (QED) is 0.614. The van der Waals surface area contributed by atoms with Crippen LogP contribution in [0, 0.1) is 19.8 Å². The lowest BCUT2D eigenvalue weighted by Gasteiger charge is -1.99. The summed E-state index contributed by atoms with van der Waals surface area (Å²) in [5.74, 6) is 0. The first-order valence-corrected chi connectivity index (χ1v) is 4.72. The first-order valence-electron chi connectivity index (χ1n) is 4.72. The molecule has 0 saturated carbocycles. The molecule has 0 aliphatic heterocycles. The fourth-order valence-electron chi connectivity index (χ4n) is 1.14. The van der Waals surface area contributed by atoms with Crippen molar-refractivity contribution in [2.75, 3.05) is 0 Å². The summed E-state index contributed by atoms with van der Waals surface area (Å²) in [5, 5.41) is 0. The van der Waals surface area contributed by atoms with Crippen LogP contribution in [-0.2, 0) is 6.42 Å². The lowest BCUT2D eigenvalue weighted by molar-refractivity contribution is 0.795. The Balaban J connectivity index is 0.000000671. The smallest absolute Gasteiger partial charge is 0.0279 e. The molecule has 1 aromatic carbocycles. The van der Waals surface area contributed by atoms with Crippen LogP contribution in [0.5, 0.6) is 0 Å². The average Bonchev–Trinajstić information content (AvgIpc) is 2.20. The standard InChI is InChI=1S/C11H16.C2H2/c1-3-4-5-11-8-6-10(2)7-9-11;1-2/h6-9H,3-5H2,1-2H3;1-2H. The largest absolute Gasteiger partial charge is 0.124 e. The SMILES string of the molecule is C#C.CCCCc1ccc(C)cc1. The van der Waals surface area contributed by atoms with Gasteiger partial charge in [0, 0.05) is 0 Å². The van der Waals surface area contributed by atoms with Crippen molar-refractivity contribution in [1.82, 2.24) is 0 Å². The predicted molar refractivity (Wildman–Crippen MR) is 59.7 cm³/mol. The molecule has 70 valence electrons. The monoisotopic (exact) mass is 174 g/mol. The second kappa shape index (κ2) is 7.43. The Bertz CT molecular complexity index is 228. The number of benzene rings is 1. The van der Waals surface area contributed by atoms with E-state index in [4.69, 9.17) is 0 Å². The van der Waals surface area contributed by atoms with Gasteiger partial charge in [-0.3, -0.25) is 0 Å². The summed E-state index contributed by atoms with van der Waals surface area (Å²) in [6, 6.07) is 8.83. The first-order chi connectivity index (χ1) is 6.33. The van der Waals surface area contributed by atoms with E-state index in [1.165, 1.54) is 30.4 Å². The van der Waals surface area contributed by atoms with Gasteiger partial charge in [-0.25, -0.2) is 0 Å². The normalized spacial score (nSPS) is 8.62. The molecule has 0 radical (unpaired) electrons. The lowest BCUT2D eigenvalue weighted by atomic mass is 10.1. The van der Waals surface area contributed by atoms with Gasteiger partial charge in [-0.05, 0) is 25.3 Å². The number of terminal acetylenes is 1. The number of aryl methyl sites for hydroxylation is 2. The Hall–Kier alpha value is -1.22. The van der Waals surface area contributed by atoms with Crippen molar-refractivity contribution in [3.05, 3.63) is 35.4 Å². The molecule has 1 aromatic rings. The van der Waals surface area contributed by atoms with Crippen LogP contribution in [0.1, 0.15) is 30.9 Å². The summed E-state index contributed by atoms with van der Waals surface area (Å²) in [6.07, 6.45) is 11.8. The van der Waals surface area contributed by atoms with Gasteiger partial charge in [-0.1, -0.05) is 43.2 Å². The van der Waals surface area contributed by atoms with E-state index in [9.17, 15) is 0 Å². The highest BCUT2D eigenvalue weighted by atomic mass is 14.0. The zero-order chi connectivity index (χ0) is 10.1. The van der Waals surface area contributed by atoms with Crippen LogP contribution in [-0.4, -0.2) is 0 Å². The molecule has 0 bridgehead atoms. The Kier molecular flexibility index (Phi) is 6.73. The van der Waals surface area contributed by atoms with E-state index in [0.717, 1.165) is 0 Å². The van der Waals surface area contributed by atoms with Crippen LogP contribution in [0.2, 0.25) is 0 Å². The summed E-state index contributed by atoms with van der Waals surface area (Å²) in [7, 11) is 0. The van der Waals surface area contributed by atoms with E-state index in [-0.39, 0.29) is 0 Å². The van der Waals surface area contributed by atoms with Crippen molar-refractivity contribution in [1.29, 1.82) is 0 Å². The van der Waals surface area contributed by atoms with E-state index < -0.39 is 0 Å². The van der Waals surface area contributed by atoms with Crippen LogP contribution in [0.3, 0.4) is 0 Å². The van der Waals surface area contributed by atoms with Crippen LogP contribution in [0.4, 0.5) is 0 Å². The van der Waals surface area contributed by atoms with Crippen LogP contribution in [0.25, 0.3) is 0 Å². The van der Waals surface area contributed by atoms with Gasteiger partial charge in [-0.2, -0.15) is 0 Å². The maximum atomic E-state index is 4.00. The van der Waals surface area contributed by atoms with E-state index in [0.29, 0.717) is 0 Å². The van der Waals surface area contributed by atoms with Crippen molar-refractivity contribution in [3.63, 3.8) is 0 Å². The molecular weight excluding hydrogens is 156 g/mol. The van der Waals surface area contributed by atoms with Gasteiger partial charge in [-0.15, -0.1) is 12.8 Å². The molecule has 0 nitrogen and oxygen atoms in total. The second-order valence-electron chi connectivity index (χ2n) is 3.09. The minimum atomic E-state index is 1.23. The number of rotatable bonds is 3. The van der Waals surface area contributed by atoms with Gasteiger partial charge in [0.15, 0.2) is 0 Å². The van der Waals surface area contributed by atoms with Crippen LogP contribution < -0.4 is 0 Å². The summed E-state index contributed by atoms with van der Waals surface area (Å²) in [4.78, 5) is 0. The minimum absolute atomic E-state index is 1.23. The number of hydrogen-bond acceptors (Lipinski definition) is 0. The summed E-state index contributed by atoms with van der Waals surface area (Å²) < 4.78 is 0. The molecule has 1 rings (SSSR count). The predicted octanol–water partition coefficient (Wildman–Crippen LogP) is 3.59. The van der Waals surface area contributed by atoms with Crippen molar-refractivity contribution >= 4 is 0 Å². The fourth-order valence-corrected chi connectivity index (χ4v) is 1.14. The molecular formula is C13H18. The van der Waals surface area contributed by atoms with E-state index >= 15 is 0 Å². The van der Waals surface area contributed by atoms with Gasteiger partial charge in [0.2, 0.25) is 0 Å². The van der Waals surface area contributed by atoms with Gasteiger partial charge >= 0.3 is 0 Å². The molecule has 0 aliphatic carbocycles. The summed E-state index contributed by atoms with van der Waals surface area (Å²) in [6.45, 7) is 4.36. The molecule has 0 spiro atoms. The summed E-state index contributed by atoms with van der Waals surface area (Å²) >= 11 is 0. The second-order valence-corrected chi connectivity index (χ2v) is 3.09.